The molecule has 1 aliphatic rings. The van der Waals surface area contributed by atoms with Crippen LogP contribution in [0.5, 0.6) is 5.75 Å². The minimum absolute atomic E-state index is 0.201. The topological polar surface area (TPSA) is 9.23 Å². The van der Waals surface area contributed by atoms with E-state index in [-0.39, 0.29) is 5.82 Å². The summed E-state index contributed by atoms with van der Waals surface area (Å²) in [5.41, 5.74) is 2.88. The maximum absolute atomic E-state index is 14.7. The fourth-order valence-corrected chi connectivity index (χ4v) is 4.90. The van der Waals surface area contributed by atoms with Crippen molar-refractivity contribution in [3.63, 3.8) is 0 Å². The van der Waals surface area contributed by atoms with Gasteiger partial charge >= 0.3 is 0 Å². The molecular weight excluding hydrogens is 383 g/mol. The van der Waals surface area contributed by atoms with Crippen LogP contribution in [0.15, 0.2) is 42.5 Å². The third-order valence-electron chi connectivity index (χ3n) is 6.91. The Morgan fingerprint density at radius 1 is 0.806 bits per heavy atom. The van der Waals surface area contributed by atoms with Crippen LogP contribution in [0.2, 0.25) is 0 Å². The Balaban J connectivity index is 1.42. The van der Waals surface area contributed by atoms with Crippen molar-refractivity contribution in [1.29, 1.82) is 0 Å². The van der Waals surface area contributed by atoms with Crippen molar-refractivity contribution < 1.29 is 9.13 Å². The summed E-state index contributed by atoms with van der Waals surface area (Å²) in [7, 11) is 0. The molecule has 1 nitrogen and oxygen atoms in total. The van der Waals surface area contributed by atoms with E-state index in [2.05, 4.69) is 26.0 Å². The number of ether oxygens (including phenoxy) is 1. The number of unbranched alkanes of at least 4 members (excludes halogenated alkanes) is 4. The summed E-state index contributed by atoms with van der Waals surface area (Å²) in [5, 5.41) is 0. The van der Waals surface area contributed by atoms with Crippen LogP contribution in [0.3, 0.4) is 0 Å². The molecule has 2 aromatic rings. The molecule has 0 aliphatic heterocycles. The average molecular weight is 425 g/mol. The minimum atomic E-state index is -0.201. The van der Waals surface area contributed by atoms with Crippen LogP contribution >= 0.6 is 0 Å². The smallest absolute Gasteiger partial charge is 0.134 e. The van der Waals surface area contributed by atoms with Crippen molar-refractivity contribution in [2.75, 3.05) is 6.61 Å². The Kier molecular flexibility index (Phi) is 9.90. The molecule has 0 saturated heterocycles. The highest BCUT2D eigenvalue weighted by Crippen LogP contribution is 2.33. The number of hydrogen-bond acceptors (Lipinski definition) is 1. The van der Waals surface area contributed by atoms with E-state index in [4.69, 9.17) is 4.74 Å². The average Bonchev–Trinajstić information content (AvgIpc) is 2.79. The van der Waals surface area contributed by atoms with Crippen LogP contribution in [0, 0.1) is 17.7 Å². The van der Waals surface area contributed by atoms with E-state index in [0.717, 1.165) is 24.3 Å². The van der Waals surface area contributed by atoms with Crippen molar-refractivity contribution in [3.8, 4) is 16.9 Å². The molecule has 2 heteroatoms. The van der Waals surface area contributed by atoms with Gasteiger partial charge in [0.2, 0.25) is 0 Å². The Labute approximate surface area is 189 Å². The summed E-state index contributed by atoms with van der Waals surface area (Å²) in [6.45, 7) is 5.17. The molecule has 1 fully saturated rings. The molecule has 0 radical (unpaired) electrons. The van der Waals surface area contributed by atoms with Crippen molar-refractivity contribution >= 4 is 0 Å². The zero-order chi connectivity index (χ0) is 21.9. The molecule has 0 heterocycles. The van der Waals surface area contributed by atoms with E-state index in [9.17, 15) is 4.39 Å². The molecule has 0 amide bonds. The first-order valence-corrected chi connectivity index (χ1v) is 12.7. The van der Waals surface area contributed by atoms with E-state index in [1.54, 1.807) is 6.07 Å². The molecule has 0 atom stereocenters. The van der Waals surface area contributed by atoms with Gasteiger partial charge in [0.05, 0.1) is 6.61 Å². The fourth-order valence-electron chi connectivity index (χ4n) is 4.90. The molecule has 1 saturated carbocycles. The molecule has 0 N–H and O–H groups in total. The molecule has 0 aromatic heterocycles. The van der Waals surface area contributed by atoms with Crippen LogP contribution in [0.25, 0.3) is 11.1 Å². The number of benzene rings is 2. The van der Waals surface area contributed by atoms with E-state index in [0.29, 0.717) is 23.8 Å². The maximum Gasteiger partial charge on any atom is 0.134 e. The molecule has 0 bridgehead atoms. The van der Waals surface area contributed by atoms with Crippen LogP contribution in [-0.4, -0.2) is 6.61 Å². The first-order valence-electron chi connectivity index (χ1n) is 12.7. The van der Waals surface area contributed by atoms with Gasteiger partial charge in [-0.1, -0.05) is 95.9 Å². The molecule has 31 heavy (non-hydrogen) atoms. The monoisotopic (exact) mass is 424 g/mol. The van der Waals surface area contributed by atoms with E-state index < -0.39 is 0 Å². The van der Waals surface area contributed by atoms with Gasteiger partial charge in [-0.2, -0.15) is 0 Å². The lowest BCUT2D eigenvalue weighted by atomic mass is 9.80. The zero-order valence-electron chi connectivity index (χ0n) is 19.7. The van der Waals surface area contributed by atoms with Crippen LogP contribution in [-0.2, 0) is 6.42 Å². The quantitative estimate of drug-likeness (QED) is 0.309. The predicted molar refractivity (Wildman–Crippen MR) is 130 cm³/mol. The van der Waals surface area contributed by atoms with E-state index in [1.165, 1.54) is 69.8 Å². The second-order valence-corrected chi connectivity index (χ2v) is 9.49. The standard InChI is InChI=1S/C29H41FO/c1-3-5-6-7-8-10-24-11-13-25(14-12-24)22-31-27-19-20-28(29(30)21-27)26-17-15-23(9-4-2)16-18-26/h15-21,24-25H,3-14,22H2,1-2H3. The lowest BCUT2D eigenvalue weighted by Crippen LogP contribution is -2.20. The van der Waals surface area contributed by atoms with E-state index >= 15 is 0 Å². The molecule has 0 unspecified atom stereocenters. The Morgan fingerprint density at radius 2 is 1.52 bits per heavy atom. The number of halogens is 1. The van der Waals surface area contributed by atoms with Gasteiger partial charge in [-0.05, 0) is 54.4 Å². The lowest BCUT2D eigenvalue weighted by molar-refractivity contribution is 0.177. The highest BCUT2D eigenvalue weighted by atomic mass is 19.1. The number of hydrogen-bond donors (Lipinski definition) is 0. The van der Waals surface area contributed by atoms with Gasteiger partial charge in [0.1, 0.15) is 11.6 Å². The van der Waals surface area contributed by atoms with Gasteiger partial charge in [-0.15, -0.1) is 0 Å². The van der Waals surface area contributed by atoms with Crippen molar-refractivity contribution in [3.05, 3.63) is 53.8 Å². The van der Waals surface area contributed by atoms with Crippen LogP contribution < -0.4 is 4.74 Å². The third-order valence-corrected chi connectivity index (χ3v) is 6.91. The molecule has 1 aliphatic carbocycles. The highest BCUT2D eigenvalue weighted by molar-refractivity contribution is 5.65. The first-order chi connectivity index (χ1) is 15.2. The van der Waals surface area contributed by atoms with Gasteiger partial charge in [0, 0.05) is 11.6 Å². The summed E-state index contributed by atoms with van der Waals surface area (Å²) in [5.74, 6) is 1.98. The molecule has 0 spiro atoms. The third kappa shape index (κ3) is 7.66. The SMILES string of the molecule is CCCCCCCC1CCC(COc2ccc(-c3ccc(CCC)cc3)c(F)c2)CC1. The van der Waals surface area contributed by atoms with Crippen molar-refractivity contribution in [2.24, 2.45) is 11.8 Å². The van der Waals surface area contributed by atoms with Gasteiger partial charge in [-0.3, -0.25) is 0 Å². The van der Waals surface area contributed by atoms with Crippen molar-refractivity contribution in [2.45, 2.75) is 90.9 Å². The van der Waals surface area contributed by atoms with Crippen LogP contribution in [0.4, 0.5) is 4.39 Å². The first kappa shape index (κ1) is 23.8. The molecular formula is C29H41FO. The molecule has 2 aromatic carbocycles. The highest BCUT2D eigenvalue weighted by Gasteiger charge is 2.21. The largest absolute Gasteiger partial charge is 0.493 e. The fraction of sp³-hybridized carbons (Fsp3) is 0.586. The minimum Gasteiger partial charge on any atom is -0.493 e. The molecule has 170 valence electrons. The normalized spacial score (nSPS) is 18.8. The summed E-state index contributed by atoms with van der Waals surface area (Å²) >= 11 is 0. The number of rotatable bonds is 12. The van der Waals surface area contributed by atoms with Crippen molar-refractivity contribution in [1.82, 2.24) is 0 Å². The lowest BCUT2D eigenvalue weighted by Gasteiger charge is -2.28. The Hall–Kier alpha value is -1.83. The summed E-state index contributed by atoms with van der Waals surface area (Å²) < 4.78 is 20.7. The number of aryl methyl sites for hydroxylation is 1. The second kappa shape index (κ2) is 12.9. The summed E-state index contributed by atoms with van der Waals surface area (Å²) in [4.78, 5) is 0. The van der Waals surface area contributed by atoms with Gasteiger partial charge in [-0.25, -0.2) is 4.39 Å². The summed E-state index contributed by atoms with van der Waals surface area (Å²) in [6, 6.07) is 13.6. The van der Waals surface area contributed by atoms with E-state index in [1.807, 2.05) is 24.3 Å². The second-order valence-electron chi connectivity index (χ2n) is 9.49. The Bertz CT molecular complexity index is 759. The maximum atomic E-state index is 14.7. The van der Waals surface area contributed by atoms with Crippen LogP contribution in [0.1, 0.15) is 90.0 Å². The Morgan fingerprint density at radius 3 is 2.19 bits per heavy atom. The van der Waals surface area contributed by atoms with Gasteiger partial charge in [0.15, 0.2) is 0 Å². The molecule has 3 rings (SSSR count). The predicted octanol–water partition coefficient (Wildman–Crippen LogP) is 8.99. The van der Waals surface area contributed by atoms with Gasteiger partial charge in [0.25, 0.3) is 0 Å². The van der Waals surface area contributed by atoms with Gasteiger partial charge < -0.3 is 4.74 Å². The zero-order valence-corrected chi connectivity index (χ0v) is 19.7. The summed E-state index contributed by atoms with van der Waals surface area (Å²) in [6.07, 6.45) is 15.7.